The number of amides is 2. The molecule has 1 aromatic heterocycles. The van der Waals surface area contributed by atoms with Crippen LogP contribution in [0.5, 0.6) is 0 Å². The Bertz CT molecular complexity index is 533. The predicted molar refractivity (Wildman–Crippen MR) is 69.7 cm³/mol. The summed E-state index contributed by atoms with van der Waals surface area (Å²) in [6.45, 7) is 1.30. The van der Waals surface area contributed by atoms with Crippen molar-refractivity contribution in [1.82, 2.24) is 30.4 Å². The van der Waals surface area contributed by atoms with Gasteiger partial charge in [-0.15, -0.1) is 10.2 Å². The number of carbonyl (C=O) groups excluding carboxylic acids is 2. The number of nitrogens with zero attached hydrogens (tertiary/aromatic N) is 5. The summed E-state index contributed by atoms with van der Waals surface area (Å²) in [5.41, 5.74) is -0.873. The standard InChI is InChI=1S/C12H18N6O3/c19-9-2-5-17(10(20)6-18-15-8-14-16-18)7-12(9)3-1-4-13-11(12)21/h8-9,19H,1-7H2,(H,13,21)/t9-,12-/m1/s1. The lowest BCUT2D eigenvalue weighted by Crippen LogP contribution is -2.62. The van der Waals surface area contributed by atoms with Gasteiger partial charge in [-0.1, -0.05) is 0 Å². The fraction of sp³-hybridized carbons (Fsp3) is 0.750. The number of rotatable bonds is 2. The van der Waals surface area contributed by atoms with Gasteiger partial charge in [-0.05, 0) is 24.5 Å². The number of aromatic nitrogens is 4. The molecule has 2 N–H and O–H groups in total. The van der Waals surface area contributed by atoms with E-state index in [0.717, 1.165) is 6.42 Å². The second-order valence-corrected chi connectivity index (χ2v) is 5.60. The maximum atomic E-state index is 12.3. The van der Waals surface area contributed by atoms with Crippen LogP contribution in [0.3, 0.4) is 0 Å². The van der Waals surface area contributed by atoms with Gasteiger partial charge in [0.15, 0.2) is 6.33 Å². The van der Waals surface area contributed by atoms with E-state index in [1.165, 1.54) is 11.1 Å². The normalized spacial score (nSPS) is 29.5. The zero-order valence-corrected chi connectivity index (χ0v) is 11.6. The molecule has 2 aliphatic rings. The number of aliphatic hydroxyl groups excluding tert-OH is 1. The third-order valence-electron chi connectivity index (χ3n) is 4.34. The van der Waals surface area contributed by atoms with E-state index in [-0.39, 0.29) is 24.9 Å². The fourth-order valence-electron chi connectivity index (χ4n) is 3.14. The molecule has 2 amide bonds. The van der Waals surface area contributed by atoms with Crippen molar-refractivity contribution < 1.29 is 14.7 Å². The molecule has 1 aromatic rings. The van der Waals surface area contributed by atoms with Gasteiger partial charge in [0.1, 0.15) is 6.54 Å². The number of hydrogen-bond acceptors (Lipinski definition) is 6. The predicted octanol–water partition coefficient (Wildman–Crippen LogP) is -1.84. The highest BCUT2D eigenvalue weighted by atomic mass is 16.3. The van der Waals surface area contributed by atoms with Crippen molar-refractivity contribution >= 4 is 11.8 Å². The first-order chi connectivity index (χ1) is 10.1. The van der Waals surface area contributed by atoms with Gasteiger partial charge in [0.2, 0.25) is 11.8 Å². The lowest BCUT2D eigenvalue weighted by atomic mass is 9.71. The van der Waals surface area contributed by atoms with E-state index in [0.29, 0.717) is 25.9 Å². The fourth-order valence-corrected chi connectivity index (χ4v) is 3.14. The molecule has 2 saturated heterocycles. The topological polar surface area (TPSA) is 113 Å². The SMILES string of the molecule is O=C(Cn1ncnn1)N1CC[C@@H](O)[C@@]2(CCCNC2=O)C1. The van der Waals surface area contributed by atoms with Crippen molar-refractivity contribution in [1.29, 1.82) is 0 Å². The molecule has 0 unspecified atom stereocenters. The van der Waals surface area contributed by atoms with Crippen molar-refractivity contribution in [2.45, 2.75) is 31.9 Å². The zero-order chi connectivity index (χ0) is 14.9. The van der Waals surface area contributed by atoms with Gasteiger partial charge in [0, 0.05) is 19.6 Å². The Hall–Kier alpha value is -2.03. The average molecular weight is 294 g/mol. The van der Waals surface area contributed by atoms with Crippen LogP contribution in [-0.4, -0.2) is 67.8 Å². The summed E-state index contributed by atoms with van der Waals surface area (Å²) >= 11 is 0. The van der Waals surface area contributed by atoms with Gasteiger partial charge in [0.05, 0.1) is 11.5 Å². The molecule has 2 atom stereocenters. The molecule has 114 valence electrons. The minimum atomic E-state index is -0.873. The molecule has 9 heteroatoms. The Kier molecular flexibility index (Phi) is 3.58. The van der Waals surface area contributed by atoms with Crippen molar-refractivity contribution in [2.75, 3.05) is 19.6 Å². The van der Waals surface area contributed by atoms with Crippen LogP contribution in [0.25, 0.3) is 0 Å². The highest BCUT2D eigenvalue weighted by Gasteiger charge is 2.50. The molecular weight excluding hydrogens is 276 g/mol. The van der Waals surface area contributed by atoms with Crippen molar-refractivity contribution in [2.24, 2.45) is 5.41 Å². The monoisotopic (exact) mass is 294 g/mol. The van der Waals surface area contributed by atoms with Crippen LogP contribution in [0.2, 0.25) is 0 Å². The van der Waals surface area contributed by atoms with Crippen molar-refractivity contribution in [3.63, 3.8) is 0 Å². The van der Waals surface area contributed by atoms with Crippen LogP contribution >= 0.6 is 0 Å². The summed E-state index contributed by atoms with van der Waals surface area (Å²) in [6, 6.07) is 0. The number of likely N-dealkylation sites (tertiary alicyclic amines) is 1. The summed E-state index contributed by atoms with van der Waals surface area (Å²) in [7, 11) is 0. The number of piperidine rings is 2. The second kappa shape index (κ2) is 5.40. The minimum Gasteiger partial charge on any atom is -0.392 e. The Labute approximate surface area is 121 Å². The van der Waals surface area contributed by atoms with Gasteiger partial charge in [-0.2, -0.15) is 4.80 Å². The number of tetrazole rings is 1. The summed E-state index contributed by atoms with van der Waals surface area (Å²) in [5.74, 6) is -0.324. The lowest BCUT2D eigenvalue weighted by Gasteiger charge is -2.46. The highest BCUT2D eigenvalue weighted by molar-refractivity contribution is 5.85. The zero-order valence-electron chi connectivity index (χ0n) is 11.6. The largest absolute Gasteiger partial charge is 0.392 e. The van der Waals surface area contributed by atoms with Crippen molar-refractivity contribution in [3.05, 3.63) is 6.33 Å². The van der Waals surface area contributed by atoms with Gasteiger partial charge in [0.25, 0.3) is 0 Å². The second-order valence-electron chi connectivity index (χ2n) is 5.60. The average Bonchev–Trinajstić information content (AvgIpc) is 2.97. The Morgan fingerprint density at radius 2 is 2.43 bits per heavy atom. The van der Waals surface area contributed by atoms with Gasteiger partial charge in [-0.3, -0.25) is 9.59 Å². The van der Waals surface area contributed by atoms with E-state index in [9.17, 15) is 14.7 Å². The van der Waals surface area contributed by atoms with Gasteiger partial charge < -0.3 is 15.3 Å². The molecule has 0 aromatic carbocycles. The van der Waals surface area contributed by atoms with Gasteiger partial charge in [-0.25, -0.2) is 0 Å². The van der Waals surface area contributed by atoms with Gasteiger partial charge >= 0.3 is 0 Å². The molecule has 0 bridgehead atoms. The summed E-state index contributed by atoms with van der Waals surface area (Å²) in [6.07, 6.45) is 2.39. The van der Waals surface area contributed by atoms with Crippen LogP contribution in [0, 0.1) is 5.41 Å². The van der Waals surface area contributed by atoms with E-state index in [1.807, 2.05) is 0 Å². The summed E-state index contributed by atoms with van der Waals surface area (Å²) in [4.78, 5) is 27.3. The summed E-state index contributed by atoms with van der Waals surface area (Å²) in [5, 5.41) is 24.1. The lowest BCUT2D eigenvalue weighted by molar-refractivity contribution is -0.155. The third-order valence-corrected chi connectivity index (χ3v) is 4.34. The van der Waals surface area contributed by atoms with E-state index in [2.05, 4.69) is 20.7 Å². The number of aliphatic hydroxyl groups is 1. The van der Waals surface area contributed by atoms with Crippen LogP contribution in [-0.2, 0) is 16.1 Å². The molecule has 0 saturated carbocycles. The highest BCUT2D eigenvalue weighted by Crippen LogP contribution is 2.37. The van der Waals surface area contributed by atoms with Crippen LogP contribution in [0.4, 0.5) is 0 Å². The third kappa shape index (κ3) is 2.48. The molecule has 3 heterocycles. The van der Waals surface area contributed by atoms with Crippen LogP contribution < -0.4 is 5.32 Å². The molecule has 0 radical (unpaired) electrons. The number of hydrogen-bond donors (Lipinski definition) is 2. The Balaban J connectivity index is 1.73. The Morgan fingerprint density at radius 1 is 1.57 bits per heavy atom. The quantitative estimate of drug-likeness (QED) is 0.663. The maximum absolute atomic E-state index is 12.3. The molecule has 3 rings (SSSR count). The molecule has 21 heavy (non-hydrogen) atoms. The molecule has 0 aliphatic carbocycles. The van der Waals surface area contributed by atoms with E-state index in [1.54, 1.807) is 4.90 Å². The van der Waals surface area contributed by atoms with E-state index >= 15 is 0 Å². The van der Waals surface area contributed by atoms with E-state index < -0.39 is 11.5 Å². The molecule has 9 nitrogen and oxygen atoms in total. The first kappa shape index (κ1) is 13.9. The van der Waals surface area contributed by atoms with Crippen LogP contribution in [0.1, 0.15) is 19.3 Å². The molecule has 2 aliphatic heterocycles. The number of carbonyl (C=O) groups is 2. The smallest absolute Gasteiger partial charge is 0.246 e. The summed E-state index contributed by atoms with van der Waals surface area (Å²) < 4.78 is 0. The minimum absolute atomic E-state index is 0.00616. The maximum Gasteiger partial charge on any atom is 0.246 e. The molecular formula is C12H18N6O3. The first-order valence-electron chi connectivity index (χ1n) is 7.07. The number of nitrogens with one attached hydrogen (secondary N) is 1. The molecule has 1 spiro atoms. The van der Waals surface area contributed by atoms with E-state index in [4.69, 9.17) is 0 Å². The van der Waals surface area contributed by atoms with Crippen LogP contribution in [0.15, 0.2) is 6.33 Å². The molecule has 2 fully saturated rings. The first-order valence-corrected chi connectivity index (χ1v) is 7.07. The Morgan fingerprint density at radius 3 is 3.14 bits per heavy atom. The van der Waals surface area contributed by atoms with Crippen molar-refractivity contribution in [3.8, 4) is 0 Å².